The first-order chi connectivity index (χ1) is 8.16. The van der Waals surface area contributed by atoms with Gasteiger partial charge in [-0.15, -0.1) is 0 Å². The molecule has 1 aromatic rings. The molecule has 0 atom stereocenters. The Morgan fingerprint density at radius 3 is 2.82 bits per heavy atom. The van der Waals surface area contributed by atoms with Crippen LogP contribution in [0.3, 0.4) is 0 Å². The highest BCUT2D eigenvalue weighted by Crippen LogP contribution is 2.25. The van der Waals surface area contributed by atoms with E-state index in [0.29, 0.717) is 17.8 Å². The molecule has 0 aliphatic heterocycles. The molecule has 1 aliphatic rings. The minimum absolute atomic E-state index is 0.0873. The molecule has 1 saturated carbocycles. The summed E-state index contributed by atoms with van der Waals surface area (Å²) in [6.07, 6.45) is 4.24. The summed E-state index contributed by atoms with van der Waals surface area (Å²) < 4.78 is 0. The predicted octanol–water partition coefficient (Wildman–Crippen LogP) is 1.78. The first kappa shape index (κ1) is 11.8. The molecule has 1 aromatic carbocycles. The SMILES string of the molecule is Nc1ccc(O)c(CNC(=O)C2CCCC2)c1. The molecule has 0 radical (unpaired) electrons. The van der Waals surface area contributed by atoms with Crippen molar-refractivity contribution in [1.82, 2.24) is 5.32 Å². The predicted molar refractivity (Wildman–Crippen MR) is 66.3 cm³/mol. The maximum atomic E-state index is 11.8. The molecule has 1 amide bonds. The van der Waals surface area contributed by atoms with Crippen LogP contribution in [0.4, 0.5) is 5.69 Å². The molecule has 0 heterocycles. The van der Waals surface area contributed by atoms with Gasteiger partial charge in [0.25, 0.3) is 0 Å². The lowest BCUT2D eigenvalue weighted by Gasteiger charge is -2.11. The van der Waals surface area contributed by atoms with Crippen molar-refractivity contribution in [1.29, 1.82) is 0 Å². The number of carbonyl (C=O) groups is 1. The Labute approximate surface area is 101 Å². The van der Waals surface area contributed by atoms with Crippen molar-refractivity contribution in [2.24, 2.45) is 5.92 Å². The lowest BCUT2D eigenvalue weighted by molar-refractivity contribution is -0.124. The summed E-state index contributed by atoms with van der Waals surface area (Å²) in [5, 5.41) is 12.5. The van der Waals surface area contributed by atoms with Crippen molar-refractivity contribution in [3.63, 3.8) is 0 Å². The number of hydrogen-bond acceptors (Lipinski definition) is 3. The van der Waals surface area contributed by atoms with Gasteiger partial charge in [0.1, 0.15) is 5.75 Å². The van der Waals surface area contributed by atoms with Gasteiger partial charge >= 0.3 is 0 Å². The summed E-state index contributed by atoms with van der Waals surface area (Å²) in [7, 11) is 0. The molecular weight excluding hydrogens is 216 g/mol. The van der Waals surface area contributed by atoms with Gasteiger partial charge in [0.2, 0.25) is 5.91 Å². The maximum Gasteiger partial charge on any atom is 0.223 e. The van der Waals surface area contributed by atoms with Crippen molar-refractivity contribution in [2.45, 2.75) is 32.2 Å². The van der Waals surface area contributed by atoms with Gasteiger partial charge in [-0.05, 0) is 31.0 Å². The fraction of sp³-hybridized carbons (Fsp3) is 0.462. The van der Waals surface area contributed by atoms with E-state index in [1.165, 1.54) is 0 Å². The van der Waals surface area contributed by atoms with Crippen LogP contribution in [0.2, 0.25) is 0 Å². The first-order valence-corrected chi connectivity index (χ1v) is 6.02. The second-order valence-electron chi connectivity index (χ2n) is 4.59. The van der Waals surface area contributed by atoms with Crippen LogP contribution in [-0.2, 0) is 11.3 Å². The van der Waals surface area contributed by atoms with Crippen molar-refractivity contribution in [3.8, 4) is 5.75 Å². The Hall–Kier alpha value is -1.71. The number of nitrogens with two attached hydrogens (primary N) is 1. The van der Waals surface area contributed by atoms with Crippen LogP contribution in [0.5, 0.6) is 5.75 Å². The van der Waals surface area contributed by atoms with Crippen molar-refractivity contribution in [2.75, 3.05) is 5.73 Å². The van der Waals surface area contributed by atoms with Gasteiger partial charge in [0, 0.05) is 23.7 Å². The van der Waals surface area contributed by atoms with E-state index < -0.39 is 0 Å². The Bertz CT molecular complexity index is 412. The first-order valence-electron chi connectivity index (χ1n) is 6.02. The molecule has 0 saturated heterocycles. The lowest BCUT2D eigenvalue weighted by Crippen LogP contribution is -2.28. The number of hydrogen-bond donors (Lipinski definition) is 3. The van der Waals surface area contributed by atoms with Crippen LogP contribution in [0, 0.1) is 5.92 Å². The summed E-state index contributed by atoms with van der Waals surface area (Å²) in [5.41, 5.74) is 6.89. The third kappa shape index (κ3) is 2.90. The summed E-state index contributed by atoms with van der Waals surface area (Å²) in [6.45, 7) is 0.339. The van der Waals surface area contributed by atoms with Crippen molar-refractivity contribution < 1.29 is 9.90 Å². The average Bonchev–Trinajstić information content (AvgIpc) is 2.83. The highest BCUT2D eigenvalue weighted by atomic mass is 16.3. The number of phenols is 1. The highest BCUT2D eigenvalue weighted by Gasteiger charge is 2.22. The summed E-state index contributed by atoms with van der Waals surface area (Å²) in [6, 6.07) is 4.87. The topological polar surface area (TPSA) is 75.3 Å². The summed E-state index contributed by atoms with van der Waals surface area (Å²) >= 11 is 0. The number of anilines is 1. The summed E-state index contributed by atoms with van der Waals surface area (Å²) in [4.78, 5) is 11.8. The van der Waals surface area contributed by atoms with Gasteiger partial charge < -0.3 is 16.2 Å². The molecular formula is C13H18N2O2. The largest absolute Gasteiger partial charge is 0.508 e. The molecule has 0 spiro atoms. The molecule has 92 valence electrons. The van der Waals surface area contributed by atoms with Gasteiger partial charge in [-0.3, -0.25) is 4.79 Å². The van der Waals surface area contributed by atoms with E-state index in [1.807, 2.05) is 0 Å². The third-order valence-corrected chi connectivity index (χ3v) is 3.28. The molecule has 0 aromatic heterocycles. The second-order valence-corrected chi connectivity index (χ2v) is 4.59. The van der Waals surface area contributed by atoms with E-state index in [-0.39, 0.29) is 17.6 Å². The standard InChI is InChI=1S/C13H18N2O2/c14-11-5-6-12(16)10(7-11)8-15-13(17)9-3-1-2-4-9/h5-7,9,16H,1-4,8,14H2,(H,15,17). The van der Waals surface area contributed by atoms with E-state index in [1.54, 1.807) is 18.2 Å². The van der Waals surface area contributed by atoms with Crippen LogP contribution < -0.4 is 11.1 Å². The number of nitrogen functional groups attached to an aromatic ring is 1. The van der Waals surface area contributed by atoms with Crippen LogP contribution in [-0.4, -0.2) is 11.0 Å². The molecule has 0 bridgehead atoms. The molecule has 17 heavy (non-hydrogen) atoms. The van der Waals surface area contributed by atoms with Gasteiger partial charge in [-0.2, -0.15) is 0 Å². The number of aromatic hydroxyl groups is 1. The Morgan fingerprint density at radius 1 is 1.41 bits per heavy atom. The molecule has 4 N–H and O–H groups in total. The molecule has 4 heteroatoms. The van der Waals surface area contributed by atoms with E-state index in [4.69, 9.17) is 5.73 Å². The van der Waals surface area contributed by atoms with Gasteiger partial charge in [0.05, 0.1) is 0 Å². The number of nitrogens with one attached hydrogen (secondary N) is 1. The van der Waals surface area contributed by atoms with E-state index >= 15 is 0 Å². The number of carbonyl (C=O) groups excluding carboxylic acids is 1. The second kappa shape index (κ2) is 5.08. The zero-order valence-corrected chi connectivity index (χ0v) is 9.78. The number of amides is 1. The third-order valence-electron chi connectivity index (χ3n) is 3.28. The molecule has 0 unspecified atom stereocenters. The van der Waals surface area contributed by atoms with Crippen molar-refractivity contribution >= 4 is 11.6 Å². The molecule has 1 aliphatic carbocycles. The van der Waals surface area contributed by atoms with Crippen LogP contribution in [0.15, 0.2) is 18.2 Å². The van der Waals surface area contributed by atoms with Crippen molar-refractivity contribution in [3.05, 3.63) is 23.8 Å². The maximum absolute atomic E-state index is 11.8. The lowest BCUT2D eigenvalue weighted by atomic mass is 10.1. The molecule has 2 rings (SSSR count). The van der Waals surface area contributed by atoms with Crippen LogP contribution in [0.25, 0.3) is 0 Å². The van der Waals surface area contributed by atoms with Crippen LogP contribution >= 0.6 is 0 Å². The minimum Gasteiger partial charge on any atom is -0.508 e. The summed E-state index contributed by atoms with van der Waals surface area (Å²) in [5.74, 6) is 0.411. The zero-order chi connectivity index (χ0) is 12.3. The average molecular weight is 234 g/mol. The van der Waals surface area contributed by atoms with E-state index in [9.17, 15) is 9.90 Å². The molecule has 4 nitrogen and oxygen atoms in total. The smallest absolute Gasteiger partial charge is 0.223 e. The fourth-order valence-electron chi connectivity index (χ4n) is 2.26. The highest BCUT2D eigenvalue weighted by molar-refractivity contribution is 5.78. The van der Waals surface area contributed by atoms with E-state index in [0.717, 1.165) is 25.7 Å². The number of benzene rings is 1. The Balaban J connectivity index is 1.92. The van der Waals surface area contributed by atoms with Gasteiger partial charge in [0.15, 0.2) is 0 Å². The zero-order valence-electron chi connectivity index (χ0n) is 9.78. The molecule has 1 fully saturated rings. The Morgan fingerprint density at radius 2 is 2.12 bits per heavy atom. The van der Waals surface area contributed by atoms with Crippen LogP contribution in [0.1, 0.15) is 31.2 Å². The fourth-order valence-corrected chi connectivity index (χ4v) is 2.26. The quantitative estimate of drug-likeness (QED) is 0.551. The monoisotopic (exact) mass is 234 g/mol. The minimum atomic E-state index is 0.0873. The van der Waals surface area contributed by atoms with E-state index in [2.05, 4.69) is 5.32 Å². The van der Waals surface area contributed by atoms with Gasteiger partial charge in [-0.25, -0.2) is 0 Å². The number of phenolic OH excluding ortho intramolecular Hbond substituents is 1. The number of rotatable bonds is 3. The normalized spacial score (nSPS) is 16.0. The van der Waals surface area contributed by atoms with Gasteiger partial charge in [-0.1, -0.05) is 12.8 Å². The Kier molecular flexibility index (Phi) is 3.52.